The topological polar surface area (TPSA) is 83.2 Å². The zero-order chi connectivity index (χ0) is 16.5. The highest BCUT2D eigenvalue weighted by Crippen LogP contribution is 2.31. The molecule has 120 valence electrons. The number of nitrogens with zero attached hydrogens (tertiary/aromatic N) is 4. The zero-order valence-corrected chi connectivity index (χ0v) is 14.8. The predicted octanol–water partition coefficient (Wildman–Crippen LogP) is 2.74. The first-order chi connectivity index (χ1) is 10.3. The molecule has 8 heteroatoms. The van der Waals surface area contributed by atoms with Gasteiger partial charge in [0.25, 0.3) is 0 Å². The number of nitriles is 1. The molecular weight excluding hydrogens is 350 g/mol. The summed E-state index contributed by atoms with van der Waals surface area (Å²) in [5, 5.41) is 16.6. The average molecular weight is 370 g/mol. The molecular formula is C14H20BrN5O2. The molecule has 0 bridgehead atoms. The van der Waals surface area contributed by atoms with Crippen LogP contribution in [0.5, 0.6) is 0 Å². The second-order valence-electron chi connectivity index (χ2n) is 6.19. The molecule has 0 aliphatic carbocycles. The fraction of sp³-hybridized carbons (Fsp3) is 0.643. The maximum atomic E-state index is 12.1. The van der Waals surface area contributed by atoms with Crippen LogP contribution in [0, 0.1) is 11.3 Å². The van der Waals surface area contributed by atoms with Gasteiger partial charge in [-0.3, -0.25) is 0 Å². The Morgan fingerprint density at radius 2 is 2.23 bits per heavy atom. The number of carbonyl (C=O) groups is 1. The van der Waals surface area contributed by atoms with Crippen LogP contribution in [-0.2, 0) is 4.74 Å². The van der Waals surface area contributed by atoms with Gasteiger partial charge in [-0.25, -0.2) is 9.48 Å². The summed E-state index contributed by atoms with van der Waals surface area (Å²) in [6.45, 7) is 6.68. The summed E-state index contributed by atoms with van der Waals surface area (Å²) in [6.07, 6.45) is 0.458. The van der Waals surface area contributed by atoms with E-state index in [2.05, 4.69) is 32.4 Å². The lowest BCUT2D eigenvalue weighted by Crippen LogP contribution is -2.35. The third kappa shape index (κ3) is 3.35. The van der Waals surface area contributed by atoms with Gasteiger partial charge in [-0.05, 0) is 43.1 Å². The fourth-order valence-corrected chi connectivity index (χ4v) is 2.89. The van der Waals surface area contributed by atoms with Crippen molar-refractivity contribution in [2.24, 2.45) is 0 Å². The van der Waals surface area contributed by atoms with Crippen molar-refractivity contribution in [1.29, 1.82) is 5.26 Å². The van der Waals surface area contributed by atoms with Crippen molar-refractivity contribution in [2.45, 2.75) is 38.8 Å². The molecule has 2 rings (SSSR count). The Balaban J connectivity index is 2.14. The van der Waals surface area contributed by atoms with Gasteiger partial charge in [-0.1, -0.05) is 0 Å². The number of amides is 1. The number of hydrogen-bond acceptors (Lipinski definition) is 5. The molecule has 7 nitrogen and oxygen atoms in total. The summed E-state index contributed by atoms with van der Waals surface area (Å²) < 4.78 is 7.67. The largest absolute Gasteiger partial charge is 0.444 e. The van der Waals surface area contributed by atoms with Crippen molar-refractivity contribution in [1.82, 2.24) is 14.7 Å². The Bertz CT molecular complexity index is 614. The van der Waals surface area contributed by atoms with Crippen molar-refractivity contribution >= 4 is 27.8 Å². The summed E-state index contributed by atoms with van der Waals surface area (Å²) in [5.74, 6) is 0.658. The molecule has 2 heterocycles. The molecule has 1 amide bonds. The minimum Gasteiger partial charge on any atom is -0.444 e. The first-order valence-electron chi connectivity index (χ1n) is 7.10. The number of ether oxygens (including phenoxy) is 1. The maximum absolute atomic E-state index is 12.1. The molecule has 1 atom stereocenters. The summed E-state index contributed by atoms with van der Waals surface area (Å²) >= 11 is 3.30. The molecule has 1 fully saturated rings. The molecule has 1 aliphatic rings. The monoisotopic (exact) mass is 369 g/mol. The fourth-order valence-electron chi connectivity index (χ4n) is 2.44. The van der Waals surface area contributed by atoms with Crippen LogP contribution < -0.4 is 5.32 Å². The van der Waals surface area contributed by atoms with E-state index in [1.54, 1.807) is 16.6 Å². The standard InChI is InChI=1S/C14H20BrN5O2/c1-14(2,3)22-13(21)19-6-5-9(8-19)20-12(17-4)10(7-16)11(15)18-20/h9,17H,5-6,8H2,1-4H3. The second-order valence-corrected chi connectivity index (χ2v) is 6.94. The lowest BCUT2D eigenvalue weighted by Gasteiger charge is -2.24. The van der Waals surface area contributed by atoms with Gasteiger partial charge in [0.2, 0.25) is 0 Å². The predicted molar refractivity (Wildman–Crippen MR) is 85.6 cm³/mol. The molecule has 1 N–H and O–H groups in total. The van der Waals surface area contributed by atoms with E-state index in [9.17, 15) is 10.1 Å². The molecule has 0 saturated carbocycles. The van der Waals surface area contributed by atoms with E-state index in [0.29, 0.717) is 29.1 Å². The van der Waals surface area contributed by atoms with Gasteiger partial charge in [0.1, 0.15) is 27.7 Å². The van der Waals surface area contributed by atoms with E-state index in [1.807, 2.05) is 20.8 Å². The Morgan fingerprint density at radius 1 is 1.55 bits per heavy atom. The van der Waals surface area contributed by atoms with Gasteiger partial charge < -0.3 is 15.0 Å². The number of aromatic nitrogens is 2. The van der Waals surface area contributed by atoms with Crippen LogP contribution >= 0.6 is 15.9 Å². The summed E-state index contributed by atoms with van der Waals surface area (Å²) in [5.41, 5.74) is -0.0354. The van der Waals surface area contributed by atoms with Crippen LogP contribution in [0.4, 0.5) is 10.6 Å². The van der Waals surface area contributed by atoms with Crippen molar-refractivity contribution in [3.63, 3.8) is 0 Å². The highest BCUT2D eigenvalue weighted by atomic mass is 79.9. The lowest BCUT2D eigenvalue weighted by molar-refractivity contribution is 0.0288. The minimum absolute atomic E-state index is 0.0216. The van der Waals surface area contributed by atoms with Crippen LogP contribution in [0.1, 0.15) is 38.8 Å². The van der Waals surface area contributed by atoms with E-state index in [1.165, 1.54) is 0 Å². The van der Waals surface area contributed by atoms with Gasteiger partial charge >= 0.3 is 6.09 Å². The van der Waals surface area contributed by atoms with Crippen molar-refractivity contribution in [2.75, 3.05) is 25.5 Å². The third-order valence-corrected chi connectivity index (χ3v) is 3.93. The molecule has 1 aliphatic heterocycles. The molecule has 22 heavy (non-hydrogen) atoms. The molecule has 0 spiro atoms. The summed E-state index contributed by atoms with van der Waals surface area (Å²) in [4.78, 5) is 13.8. The highest BCUT2D eigenvalue weighted by Gasteiger charge is 2.33. The van der Waals surface area contributed by atoms with E-state index in [0.717, 1.165) is 6.42 Å². The van der Waals surface area contributed by atoms with Crippen molar-refractivity contribution < 1.29 is 9.53 Å². The van der Waals surface area contributed by atoms with Crippen molar-refractivity contribution in [3.05, 3.63) is 10.2 Å². The van der Waals surface area contributed by atoms with Crippen LogP contribution in [0.3, 0.4) is 0 Å². The van der Waals surface area contributed by atoms with Gasteiger partial charge in [0.15, 0.2) is 0 Å². The molecule has 0 radical (unpaired) electrons. The number of hydrogen-bond donors (Lipinski definition) is 1. The lowest BCUT2D eigenvalue weighted by atomic mass is 10.2. The Labute approximate surface area is 138 Å². The SMILES string of the molecule is CNc1c(C#N)c(Br)nn1C1CCN(C(=O)OC(C)(C)C)C1. The van der Waals surface area contributed by atoms with Crippen LogP contribution in [-0.4, -0.2) is 46.5 Å². The first kappa shape index (κ1) is 16.6. The maximum Gasteiger partial charge on any atom is 0.410 e. The number of likely N-dealkylation sites (tertiary alicyclic amines) is 1. The highest BCUT2D eigenvalue weighted by molar-refractivity contribution is 9.10. The molecule has 1 unspecified atom stereocenters. The van der Waals surface area contributed by atoms with Gasteiger partial charge in [-0.2, -0.15) is 10.4 Å². The first-order valence-corrected chi connectivity index (χ1v) is 7.90. The number of carbonyl (C=O) groups excluding carboxylic acids is 1. The quantitative estimate of drug-likeness (QED) is 0.866. The number of nitrogens with one attached hydrogen (secondary N) is 1. The molecule has 1 saturated heterocycles. The van der Waals surface area contributed by atoms with Gasteiger partial charge in [-0.15, -0.1) is 0 Å². The van der Waals surface area contributed by atoms with Gasteiger partial charge in [0, 0.05) is 20.1 Å². The van der Waals surface area contributed by atoms with E-state index < -0.39 is 5.60 Å². The van der Waals surface area contributed by atoms with Crippen molar-refractivity contribution in [3.8, 4) is 6.07 Å². The number of rotatable bonds is 2. The Hall–Kier alpha value is -1.75. The normalized spacial score (nSPS) is 18.2. The smallest absolute Gasteiger partial charge is 0.410 e. The van der Waals surface area contributed by atoms with E-state index in [-0.39, 0.29) is 12.1 Å². The summed E-state index contributed by atoms with van der Waals surface area (Å²) in [7, 11) is 1.75. The number of halogens is 1. The third-order valence-electron chi connectivity index (χ3n) is 3.38. The second kappa shape index (κ2) is 6.16. The van der Waals surface area contributed by atoms with Crippen LogP contribution in [0.2, 0.25) is 0 Å². The minimum atomic E-state index is -0.506. The Kier molecular flexibility index (Phi) is 4.66. The van der Waals surface area contributed by atoms with Crippen LogP contribution in [0.15, 0.2) is 4.60 Å². The zero-order valence-electron chi connectivity index (χ0n) is 13.2. The molecule has 0 aromatic carbocycles. The molecule has 1 aromatic heterocycles. The van der Waals surface area contributed by atoms with E-state index in [4.69, 9.17) is 4.74 Å². The number of anilines is 1. The average Bonchev–Trinajstić information content (AvgIpc) is 3.00. The molecule has 1 aromatic rings. The van der Waals surface area contributed by atoms with Crippen LogP contribution in [0.25, 0.3) is 0 Å². The summed E-state index contributed by atoms with van der Waals surface area (Å²) in [6, 6.07) is 2.15. The van der Waals surface area contributed by atoms with E-state index >= 15 is 0 Å². The Morgan fingerprint density at radius 3 is 2.77 bits per heavy atom. The van der Waals surface area contributed by atoms with Gasteiger partial charge in [0.05, 0.1) is 6.04 Å².